The van der Waals surface area contributed by atoms with Gasteiger partial charge in [-0.15, -0.1) is 11.3 Å². The van der Waals surface area contributed by atoms with Gasteiger partial charge in [-0.3, -0.25) is 0 Å². The molecule has 0 atom stereocenters. The molecule has 0 aliphatic carbocycles. The summed E-state index contributed by atoms with van der Waals surface area (Å²) in [6.45, 7) is 8.55. The average molecular weight is 348 g/mol. The number of hydrogen-bond donors (Lipinski definition) is 2. The Balaban J connectivity index is 2.48. The molecule has 2 N–H and O–H groups in total. The summed E-state index contributed by atoms with van der Waals surface area (Å²) >= 11 is 1.67. The van der Waals surface area contributed by atoms with Crippen molar-refractivity contribution in [1.82, 2.24) is 14.9 Å². The van der Waals surface area contributed by atoms with Crippen LogP contribution in [0.25, 0.3) is 0 Å². The van der Waals surface area contributed by atoms with E-state index in [2.05, 4.69) is 10.0 Å². The molecule has 0 saturated heterocycles. The molecule has 0 bridgehead atoms. The third kappa shape index (κ3) is 6.33. The molecule has 0 unspecified atom stereocenters. The van der Waals surface area contributed by atoms with Crippen LogP contribution in [0.15, 0.2) is 12.1 Å². The number of amides is 2. The van der Waals surface area contributed by atoms with Crippen LogP contribution in [0.1, 0.15) is 30.5 Å². The first kappa shape index (κ1) is 18.9. The first-order chi connectivity index (χ1) is 10.2. The van der Waals surface area contributed by atoms with Crippen LogP contribution in [0.4, 0.5) is 4.79 Å². The van der Waals surface area contributed by atoms with Crippen LogP contribution >= 0.6 is 11.3 Å². The highest BCUT2D eigenvalue weighted by atomic mass is 32.2. The van der Waals surface area contributed by atoms with Gasteiger partial charge in [0.2, 0.25) is 10.0 Å². The van der Waals surface area contributed by atoms with Gasteiger partial charge in [0.25, 0.3) is 0 Å². The quantitative estimate of drug-likeness (QED) is 0.705. The summed E-state index contributed by atoms with van der Waals surface area (Å²) in [6.07, 6.45) is 0. The largest absolute Gasteiger partial charge is 0.337 e. The molecule has 1 rings (SSSR count). The van der Waals surface area contributed by atoms with E-state index in [4.69, 9.17) is 0 Å². The molecule has 0 saturated carbocycles. The van der Waals surface area contributed by atoms with E-state index in [9.17, 15) is 13.2 Å². The van der Waals surface area contributed by atoms with Gasteiger partial charge in [0.15, 0.2) is 0 Å². The lowest BCUT2D eigenvalue weighted by atomic mass is 10.3. The monoisotopic (exact) mass is 347 g/mol. The molecule has 1 aromatic rings. The predicted octanol–water partition coefficient (Wildman–Crippen LogP) is 1.92. The first-order valence-electron chi connectivity index (χ1n) is 7.32. The van der Waals surface area contributed by atoms with Crippen LogP contribution in [0.3, 0.4) is 0 Å². The number of nitrogens with zero attached hydrogens (tertiary/aromatic N) is 1. The minimum atomic E-state index is -3.21. The van der Waals surface area contributed by atoms with Gasteiger partial charge in [-0.2, -0.15) is 0 Å². The molecule has 6 nitrogen and oxygen atoms in total. The third-order valence-corrected chi connectivity index (χ3v) is 5.50. The van der Waals surface area contributed by atoms with E-state index in [0.29, 0.717) is 6.54 Å². The minimum absolute atomic E-state index is 0.0385. The fourth-order valence-electron chi connectivity index (χ4n) is 1.81. The maximum atomic E-state index is 12.2. The highest BCUT2D eigenvalue weighted by Crippen LogP contribution is 2.18. The third-order valence-electron chi connectivity index (χ3n) is 3.11. The second-order valence-electron chi connectivity index (χ2n) is 5.26. The number of urea groups is 1. The van der Waals surface area contributed by atoms with E-state index < -0.39 is 10.0 Å². The van der Waals surface area contributed by atoms with Crippen molar-refractivity contribution in [3.05, 3.63) is 21.9 Å². The summed E-state index contributed by atoms with van der Waals surface area (Å²) in [6, 6.07) is 3.94. The fraction of sp³-hybridized carbons (Fsp3) is 0.643. The molecule has 22 heavy (non-hydrogen) atoms. The van der Waals surface area contributed by atoms with Crippen molar-refractivity contribution >= 4 is 27.4 Å². The van der Waals surface area contributed by atoms with Gasteiger partial charge in [-0.25, -0.2) is 17.9 Å². The lowest BCUT2D eigenvalue weighted by Gasteiger charge is -2.26. The molecular formula is C14H25N3O3S2. The van der Waals surface area contributed by atoms with Crippen LogP contribution in [0, 0.1) is 6.92 Å². The minimum Gasteiger partial charge on any atom is -0.337 e. The molecule has 0 radical (unpaired) electrons. The number of thiophene rings is 1. The average Bonchev–Trinajstić information content (AvgIpc) is 2.86. The first-order valence-corrected chi connectivity index (χ1v) is 9.79. The molecule has 1 aromatic heterocycles. The Hall–Kier alpha value is -1.12. The normalized spacial score (nSPS) is 11.7. The highest BCUT2D eigenvalue weighted by molar-refractivity contribution is 7.89. The summed E-state index contributed by atoms with van der Waals surface area (Å²) < 4.78 is 25.0. The second kappa shape index (κ2) is 8.50. The number of carbonyl (C=O) groups is 1. The fourth-order valence-corrected chi connectivity index (χ4v) is 3.31. The molecule has 0 fully saturated rings. The van der Waals surface area contributed by atoms with E-state index in [-0.39, 0.29) is 30.9 Å². The molecule has 0 aliphatic rings. The SMILES string of the molecule is CCS(=O)(=O)NCCNC(=O)N(Cc1ccc(C)s1)C(C)C. The second-order valence-corrected chi connectivity index (χ2v) is 8.73. The van der Waals surface area contributed by atoms with Gasteiger partial charge >= 0.3 is 6.03 Å². The van der Waals surface area contributed by atoms with E-state index in [1.54, 1.807) is 23.2 Å². The maximum Gasteiger partial charge on any atom is 0.318 e. The lowest BCUT2D eigenvalue weighted by Crippen LogP contribution is -2.45. The molecule has 126 valence electrons. The Morgan fingerprint density at radius 2 is 2.00 bits per heavy atom. The van der Waals surface area contributed by atoms with Crippen LogP contribution in [-0.2, 0) is 16.6 Å². The molecule has 2 amide bonds. The van der Waals surface area contributed by atoms with E-state index in [1.807, 2.05) is 32.9 Å². The number of sulfonamides is 1. The van der Waals surface area contributed by atoms with Crippen molar-refractivity contribution in [3.63, 3.8) is 0 Å². The zero-order chi connectivity index (χ0) is 16.8. The lowest BCUT2D eigenvalue weighted by molar-refractivity contribution is 0.180. The van der Waals surface area contributed by atoms with Gasteiger partial charge < -0.3 is 10.2 Å². The highest BCUT2D eigenvalue weighted by Gasteiger charge is 2.17. The Labute approximate surface area is 137 Å². The maximum absolute atomic E-state index is 12.2. The van der Waals surface area contributed by atoms with Gasteiger partial charge in [-0.1, -0.05) is 0 Å². The molecular weight excluding hydrogens is 322 g/mol. The van der Waals surface area contributed by atoms with Crippen molar-refractivity contribution in [2.24, 2.45) is 0 Å². The zero-order valence-corrected chi connectivity index (χ0v) is 15.2. The van der Waals surface area contributed by atoms with Gasteiger partial charge in [0, 0.05) is 28.9 Å². The van der Waals surface area contributed by atoms with Crippen molar-refractivity contribution in [2.75, 3.05) is 18.8 Å². The Morgan fingerprint density at radius 3 is 2.50 bits per heavy atom. The molecule has 0 aromatic carbocycles. The van der Waals surface area contributed by atoms with E-state index in [1.165, 1.54) is 4.88 Å². The number of aryl methyl sites for hydroxylation is 1. The molecule has 1 heterocycles. The summed E-state index contributed by atoms with van der Waals surface area (Å²) in [7, 11) is -3.21. The number of nitrogens with one attached hydrogen (secondary N) is 2. The molecule has 0 aliphatic heterocycles. The van der Waals surface area contributed by atoms with Gasteiger partial charge in [0.05, 0.1) is 12.3 Å². The Kier molecular flexibility index (Phi) is 7.31. The van der Waals surface area contributed by atoms with Crippen LogP contribution < -0.4 is 10.0 Å². The van der Waals surface area contributed by atoms with Crippen LogP contribution in [0.2, 0.25) is 0 Å². The number of carbonyl (C=O) groups excluding carboxylic acids is 1. The summed E-state index contributed by atoms with van der Waals surface area (Å²) in [5, 5.41) is 2.75. The van der Waals surface area contributed by atoms with Crippen LogP contribution in [-0.4, -0.2) is 44.2 Å². The molecule has 0 spiro atoms. The Bertz CT molecular complexity index is 582. The van der Waals surface area contributed by atoms with E-state index >= 15 is 0 Å². The van der Waals surface area contributed by atoms with Crippen molar-refractivity contribution in [3.8, 4) is 0 Å². The molecule has 8 heteroatoms. The van der Waals surface area contributed by atoms with Crippen molar-refractivity contribution in [1.29, 1.82) is 0 Å². The zero-order valence-electron chi connectivity index (χ0n) is 13.5. The van der Waals surface area contributed by atoms with Gasteiger partial charge in [-0.05, 0) is 39.8 Å². The smallest absolute Gasteiger partial charge is 0.318 e. The summed E-state index contributed by atoms with van der Waals surface area (Å²) in [5.74, 6) is 0.0385. The Morgan fingerprint density at radius 1 is 1.32 bits per heavy atom. The predicted molar refractivity (Wildman–Crippen MR) is 90.6 cm³/mol. The standard InChI is InChI=1S/C14H25N3O3S2/c1-5-22(19,20)16-9-8-15-14(18)17(11(2)3)10-13-7-6-12(4)21-13/h6-7,11,16H,5,8-10H2,1-4H3,(H,15,18). The summed E-state index contributed by atoms with van der Waals surface area (Å²) in [5.41, 5.74) is 0. The van der Waals surface area contributed by atoms with E-state index in [0.717, 1.165) is 4.88 Å². The summed E-state index contributed by atoms with van der Waals surface area (Å²) in [4.78, 5) is 16.3. The van der Waals surface area contributed by atoms with Crippen LogP contribution in [0.5, 0.6) is 0 Å². The van der Waals surface area contributed by atoms with Crippen molar-refractivity contribution in [2.45, 2.75) is 40.3 Å². The topological polar surface area (TPSA) is 78.5 Å². The number of hydrogen-bond acceptors (Lipinski definition) is 4. The van der Waals surface area contributed by atoms with Crippen molar-refractivity contribution < 1.29 is 13.2 Å². The number of rotatable bonds is 8. The van der Waals surface area contributed by atoms with Gasteiger partial charge in [0.1, 0.15) is 0 Å².